The molecule has 0 aliphatic heterocycles. The number of nitrogens with two attached hydrogens (primary N) is 1. The first-order valence-corrected chi connectivity index (χ1v) is 14.6. The highest BCUT2D eigenvalue weighted by Gasteiger charge is 2.21. The Bertz CT molecular complexity index is 599. The summed E-state index contributed by atoms with van der Waals surface area (Å²) in [6.07, 6.45) is 20.6. The average Bonchev–Trinajstić information content (AvgIpc) is 2.85. The first-order chi connectivity index (χ1) is 17.4. The van der Waals surface area contributed by atoms with Gasteiger partial charge in [-0.05, 0) is 19.3 Å². The summed E-state index contributed by atoms with van der Waals surface area (Å²) in [6, 6.07) is -1.10. The molecule has 8 heteroatoms. The minimum atomic E-state index is -1.10. The molecule has 0 fully saturated rings. The average molecular weight is 538 g/mol. The lowest BCUT2D eigenvalue weighted by molar-refractivity contribution is -0.160. The zero-order valence-electron chi connectivity index (χ0n) is 23.2. The van der Waals surface area contributed by atoms with Gasteiger partial charge in [0.2, 0.25) is 0 Å². The molecule has 37 heavy (non-hydrogen) atoms. The molecule has 0 radical (unpaired) electrons. The minimum absolute atomic E-state index is 0. The summed E-state index contributed by atoms with van der Waals surface area (Å²) < 4.78 is 9.58. The Morgan fingerprint density at radius 1 is 0.514 bits per heavy atom. The third kappa shape index (κ3) is 26.4. The van der Waals surface area contributed by atoms with Gasteiger partial charge in [-0.1, -0.05) is 117 Å². The van der Waals surface area contributed by atoms with Gasteiger partial charge in [0.1, 0.15) is 6.04 Å². The van der Waals surface area contributed by atoms with E-state index in [1.807, 2.05) is 0 Å². The molecule has 214 valence electrons. The van der Waals surface area contributed by atoms with E-state index in [0.717, 1.165) is 25.7 Å². The monoisotopic (exact) mass is 537 g/mol. The molecule has 0 aromatic carbocycles. The van der Waals surface area contributed by atoms with Crippen LogP contribution in [0.4, 0.5) is 0 Å². The fourth-order valence-corrected chi connectivity index (χ4v) is 4.02. The van der Waals surface area contributed by atoms with Crippen LogP contribution in [0.25, 0.3) is 0 Å². The van der Waals surface area contributed by atoms with Crippen molar-refractivity contribution in [1.29, 1.82) is 0 Å². The maximum absolute atomic E-state index is 12.0. The molecule has 0 aliphatic carbocycles. The number of hydrogen-bond donors (Lipinski definition) is 1. The first kappa shape index (κ1) is 38.2. The SMILES string of the molecule is CCCCCCCCCCCC(=O)OC(=O)CCC(N)C(=O)OC(=O)CCCCCCCCCCC.[MgH2]. The topological polar surface area (TPSA) is 113 Å². The fourth-order valence-electron chi connectivity index (χ4n) is 4.02. The number of unbranched alkanes of at least 4 members (excludes halogenated alkanes) is 16. The van der Waals surface area contributed by atoms with Crippen LogP contribution in [0.15, 0.2) is 0 Å². The van der Waals surface area contributed by atoms with Gasteiger partial charge in [0.25, 0.3) is 0 Å². The molecule has 0 bridgehead atoms. The Morgan fingerprint density at radius 2 is 0.838 bits per heavy atom. The van der Waals surface area contributed by atoms with E-state index in [9.17, 15) is 19.2 Å². The van der Waals surface area contributed by atoms with Crippen LogP contribution >= 0.6 is 0 Å². The number of carbonyl (C=O) groups is 4. The van der Waals surface area contributed by atoms with Gasteiger partial charge in [-0.2, -0.15) is 0 Å². The molecule has 0 saturated carbocycles. The second-order valence-corrected chi connectivity index (χ2v) is 9.94. The molecule has 0 aromatic heterocycles. The Morgan fingerprint density at radius 3 is 1.24 bits per heavy atom. The highest BCUT2D eigenvalue weighted by atomic mass is 24.3. The predicted octanol–water partition coefficient (Wildman–Crippen LogP) is 6.16. The Balaban J connectivity index is 0. The molecule has 0 rings (SSSR count). The van der Waals surface area contributed by atoms with Crippen LogP contribution in [0, 0.1) is 0 Å². The highest BCUT2D eigenvalue weighted by molar-refractivity contribution is 5.89. The molecular weight excluding hydrogens is 483 g/mol. The minimum Gasteiger partial charge on any atom is -0.393 e. The lowest BCUT2D eigenvalue weighted by atomic mass is 10.1. The van der Waals surface area contributed by atoms with Crippen LogP contribution in [-0.2, 0) is 28.7 Å². The van der Waals surface area contributed by atoms with E-state index in [1.165, 1.54) is 77.0 Å². The standard InChI is InChI=1S/C29H53NO6.Mg.2H/c1-3-5-7-9-11-13-15-17-19-21-26(31)35-28(33)24-23-25(30)29(34)36-27(32)22-20-18-16-14-12-10-8-6-4-2;;;/h25H,3-24,30H2,1-2H3;;;. The predicted molar refractivity (Wildman–Crippen MR) is 152 cm³/mol. The van der Waals surface area contributed by atoms with E-state index in [4.69, 9.17) is 15.2 Å². The van der Waals surface area contributed by atoms with E-state index in [1.54, 1.807) is 0 Å². The van der Waals surface area contributed by atoms with E-state index >= 15 is 0 Å². The summed E-state index contributed by atoms with van der Waals surface area (Å²) in [6.45, 7) is 4.40. The fraction of sp³-hybridized carbons (Fsp3) is 0.862. The summed E-state index contributed by atoms with van der Waals surface area (Å²) in [5.41, 5.74) is 5.73. The van der Waals surface area contributed by atoms with E-state index in [0.29, 0.717) is 12.8 Å². The van der Waals surface area contributed by atoms with Crippen molar-refractivity contribution in [3.8, 4) is 0 Å². The molecule has 0 amide bonds. The van der Waals surface area contributed by atoms with E-state index in [-0.39, 0.29) is 48.7 Å². The molecule has 0 heterocycles. The number of hydrogen-bond acceptors (Lipinski definition) is 7. The van der Waals surface area contributed by atoms with Gasteiger partial charge in [-0.3, -0.25) is 14.4 Å². The van der Waals surface area contributed by atoms with Gasteiger partial charge in [-0.25, -0.2) is 4.79 Å². The van der Waals surface area contributed by atoms with Crippen LogP contribution in [0.3, 0.4) is 0 Å². The van der Waals surface area contributed by atoms with Crippen LogP contribution < -0.4 is 5.73 Å². The van der Waals surface area contributed by atoms with E-state index in [2.05, 4.69) is 13.8 Å². The van der Waals surface area contributed by atoms with Crippen molar-refractivity contribution >= 4 is 46.9 Å². The molecule has 0 spiro atoms. The Labute approximate surface area is 241 Å². The normalized spacial score (nSPS) is 11.4. The summed E-state index contributed by atoms with van der Waals surface area (Å²) >= 11 is 0. The van der Waals surface area contributed by atoms with Crippen LogP contribution in [0.5, 0.6) is 0 Å². The van der Waals surface area contributed by atoms with Crippen molar-refractivity contribution < 1.29 is 28.7 Å². The zero-order chi connectivity index (χ0) is 26.9. The summed E-state index contributed by atoms with van der Waals surface area (Å²) in [7, 11) is 0. The maximum atomic E-state index is 12.0. The van der Waals surface area contributed by atoms with Crippen molar-refractivity contribution in [1.82, 2.24) is 0 Å². The molecule has 1 unspecified atom stereocenters. The smallest absolute Gasteiger partial charge is 0.330 e. The van der Waals surface area contributed by atoms with Crippen LogP contribution in [0.2, 0.25) is 0 Å². The van der Waals surface area contributed by atoms with Crippen molar-refractivity contribution in [2.75, 3.05) is 0 Å². The van der Waals surface area contributed by atoms with Crippen LogP contribution in [0.1, 0.15) is 155 Å². The third-order valence-electron chi connectivity index (χ3n) is 6.37. The Hall–Kier alpha value is -0.994. The van der Waals surface area contributed by atoms with Gasteiger partial charge in [0.05, 0.1) is 0 Å². The molecule has 2 N–H and O–H groups in total. The van der Waals surface area contributed by atoms with Gasteiger partial charge in [0.15, 0.2) is 0 Å². The zero-order valence-corrected chi connectivity index (χ0v) is 23.2. The van der Waals surface area contributed by atoms with Crippen molar-refractivity contribution in [3.63, 3.8) is 0 Å². The van der Waals surface area contributed by atoms with Crippen molar-refractivity contribution in [2.24, 2.45) is 5.73 Å². The number of rotatable bonds is 24. The van der Waals surface area contributed by atoms with Gasteiger partial charge >= 0.3 is 46.9 Å². The summed E-state index contributed by atoms with van der Waals surface area (Å²) in [5.74, 6) is -2.68. The van der Waals surface area contributed by atoms with Crippen LogP contribution in [-0.4, -0.2) is 53.0 Å². The first-order valence-electron chi connectivity index (χ1n) is 14.6. The largest absolute Gasteiger partial charge is 0.393 e. The maximum Gasteiger partial charge on any atom is 0.330 e. The Kier molecular flexibility index (Phi) is 28.9. The molecule has 0 saturated heterocycles. The second-order valence-electron chi connectivity index (χ2n) is 9.94. The lowest BCUT2D eigenvalue weighted by Gasteiger charge is -2.10. The highest BCUT2D eigenvalue weighted by Crippen LogP contribution is 2.12. The van der Waals surface area contributed by atoms with Crippen molar-refractivity contribution in [2.45, 2.75) is 161 Å². The third-order valence-corrected chi connectivity index (χ3v) is 6.37. The summed E-state index contributed by atoms with van der Waals surface area (Å²) in [4.78, 5) is 47.4. The number of ether oxygens (including phenoxy) is 2. The van der Waals surface area contributed by atoms with E-state index < -0.39 is 29.9 Å². The molecule has 1 atom stereocenters. The number of esters is 4. The van der Waals surface area contributed by atoms with Gasteiger partial charge in [0, 0.05) is 19.3 Å². The molecule has 0 aliphatic rings. The number of carbonyl (C=O) groups excluding carboxylic acids is 4. The molecular formula is C29H55MgNO6. The lowest BCUT2D eigenvalue weighted by Crippen LogP contribution is -2.34. The second kappa shape index (κ2) is 28.0. The molecule has 7 nitrogen and oxygen atoms in total. The quantitative estimate of drug-likeness (QED) is 0.0678. The van der Waals surface area contributed by atoms with Gasteiger partial charge in [-0.15, -0.1) is 0 Å². The van der Waals surface area contributed by atoms with Crippen molar-refractivity contribution in [3.05, 3.63) is 0 Å². The van der Waals surface area contributed by atoms with Gasteiger partial charge < -0.3 is 15.2 Å². The molecule has 0 aromatic rings. The summed E-state index contributed by atoms with van der Waals surface area (Å²) in [5, 5.41) is 0.